The predicted octanol–water partition coefficient (Wildman–Crippen LogP) is 3.05. The minimum atomic E-state index is 0.0635. The van der Waals surface area contributed by atoms with Crippen LogP contribution in [0.3, 0.4) is 0 Å². The van der Waals surface area contributed by atoms with E-state index in [1.807, 2.05) is 6.92 Å². The summed E-state index contributed by atoms with van der Waals surface area (Å²) in [4.78, 5) is 0.768. The van der Waals surface area contributed by atoms with Gasteiger partial charge < -0.3 is 10.8 Å². The van der Waals surface area contributed by atoms with Gasteiger partial charge in [-0.1, -0.05) is 30.1 Å². The Morgan fingerprint density at radius 2 is 1.93 bits per heavy atom. The van der Waals surface area contributed by atoms with Crippen LogP contribution in [0.2, 0.25) is 10.0 Å². The van der Waals surface area contributed by atoms with Crippen molar-refractivity contribution in [2.24, 2.45) is 0 Å². The molecule has 78 valence electrons. The van der Waals surface area contributed by atoms with Crippen molar-refractivity contribution >= 4 is 40.7 Å². The Morgan fingerprint density at radius 1 is 1.43 bits per heavy atom. The third-order valence-corrected chi connectivity index (χ3v) is 3.64. The summed E-state index contributed by atoms with van der Waals surface area (Å²) in [7, 11) is 0. The molecule has 0 fully saturated rings. The van der Waals surface area contributed by atoms with E-state index in [9.17, 15) is 0 Å². The van der Waals surface area contributed by atoms with Gasteiger partial charge >= 0.3 is 0 Å². The molecule has 0 aliphatic carbocycles. The number of nitrogens with two attached hydrogens (primary N) is 1. The van der Waals surface area contributed by atoms with Crippen LogP contribution in [0, 0.1) is 0 Å². The SMILES string of the molecule is CC(CO)Sc1c(Cl)cc(N)cc1Cl. The van der Waals surface area contributed by atoms with E-state index in [0.717, 1.165) is 4.90 Å². The van der Waals surface area contributed by atoms with Gasteiger partial charge in [0.2, 0.25) is 0 Å². The summed E-state index contributed by atoms with van der Waals surface area (Å²) < 4.78 is 0. The fourth-order valence-corrected chi connectivity index (χ4v) is 2.52. The van der Waals surface area contributed by atoms with Gasteiger partial charge in [-0.3, -0.25) is 0 Å². The maximum Gasteiger partial charge on any atom is 0.0577 e. The molecule has 0 aliphatic heterocycles. The van der Waals surface area contributed by atoms with E-state index >= 15 is 0 Å². The number of benzene rings is 1. The summed E-state index contributed by atoms with van der Waals surface area (Å²) in [5, 5.41) is 10.0. The van der Waals surface area contributed by atoms with Crippen LogP contribution < -0.4 is 5.73 Å². The fraction of sp³-hybridized carbons (Fsp3) is 0.333. The third-order valence-electron chi connectivity index (χ3n) is 1.60. The van der Waals surface area contributed by atoms with Gasteiger partial charge in [-0.15, -0.1) is 11.8 Å². The van der Waals surface area contributed by atoms with Gasteiger partial charge in [-0.2, -0.15) is 0 Å². The Morgan fingerprint density at radius 3 is 2.36 bits per heavy atom. The molecule has 5 heteroatoms. The molecular weight excluding hydrogens is 241 g/mol. The summed E-state index contributed by atoms with van der Waals surface area (Å²) in [5.41, 5.74) is 6.11. The largest absolute Gasteiger partial charge is 0.399 e. The monoisotopic (exact) mass is 251 g/mol. The van der Waals surface area contributed by atoms with Crippen molar-refractivity contribution < 1.29 is 5.11 Å². The second-order valence-corrected chi connectivity index (χ2v) is 5.19. The smallest absolute Gasteiger partial charge is 0.0577 e. The molecule has 1 aromatic rings. The van der Waals surface area contributed by atoms with E-state index in [0.29, 0.717) is 15.7 Å². The molecule has 1 unspecified atom stereocenters. The molecule has 0 aliphatic rings. The van der Waals surface area contributed by atoms with E-state index in [4.69, 9.17) is 34.0 Å². The van der Waals surface area contributed by atoms with Gasteiger partial charge in [0.15, 0.2) is 0 Å². The maximum absolute atomic E-state index is 8.90. The Bertz CT molecular complexity index is 310. The van der Waals surface area contributed by atoms with Gasteiger partial charge in [0.1, 0.15) is 0 Å². The first-order valence-corrected chi connectivity index (χ1v) is 5.70. The molecule has 1 atom stereocenters. The van der Waals surface area contributed by atoms with Crippen LogP contribution in [0.5, 0.6) is 0 Å². The van der Waals surface area contributed by atoms with Crippen LogP contribution >= 0.6 is 35.0 Å². The highest BCUT2D eigenvalue weighted by Gasteiger charge is 2.11. The number of thioether (sulfide) groups is 1. The van der Waals surface area contributed by atoms with E-state index in [2.05, 4.69) is 0 Å². The minimum Gasteiger partial charge on any atom is -0.399 e. The topological polar surface area (TPSA) is 46.2 Å². The van der Waals surface area contributed by atoms with Crippen LogP contribution in [0.1, 0.15) is 6.92 Å². The number of hydrogen-bond acceptors (Lipinski definition) is 3. The van der Waals surface area contributed by atoms with Crippen LogP contribution in [-0.4, -0.2) is 17.0 Å². The maximum atomic E-state index is 8.90. The highest BCUT2D eigenvalue weighted by Crippen LogP contribution is 2.37. The molecular formula is C9H11Cl2NOS. The van der Waals surface area contributed by atoms with Crippen molar-refractivity contribution in [1.29, 1.82) is 0 Å². The first-order chi connectivity index (χ1) is 6.54. The molecule has 3 N–H and O–H groups in total. The summed E-state index contributed by atoms with van der Waals surface area (Å²) in [6.45, 7) is 1.98. The molecule has 0 saturated heterocycles. The van der Waals surface area contributed by atoms with Gasteiger partial charge in [0.05, 0.1) is 16.7 Å². The van der Waals surface area contributed by atoms with E-state index < -0.39 is 0 Å². The number of halogens is 2. The number of aliphatic hydroxyl groups is 1. The lowest BCUT2D eigenvalue weighted by atomic mass is 10.3. The highest BCUT2D eigenvalue weighted by molar-refractivity contribution is 8.00. The molecule has 1 aromatic carbocycles. The summed E-state index contributed by atoms with van der Waals surface area (Å²) in [6.07, 6.45) is 0. The van der Waals surface area contributed by atoms with E-state index in [1.165, 1.54) is 11.8 Å². The molecule has 0 radical (unpaired) electrons. The Hall–Kier alpha value is -0.0900. The fourth-order valence-electron chi connectivity index (χ4n) is 0.931. The average molecular weight is 252 g/mol. The van der Waals surface area contributed by atoms with Crippen molar-refractivity contribution in [1.82, 2.24) is 0 Å². The number of aliphatic hydroxyl groups excluding tert-OH is 1. The number of hydrogen-bond donors (Lipinski definition) is 2. The number of rotatable bonds is 3. The molecule has 0 saturated carbocycles. The van der Waals surface area contributed by atoms with Gasteiger partial charge in [-0.25, -0.2) is 0 Å². The van der Waals surface area contributed by atoms with Crippen LogP contribution in [0.4, 0.5) is 5.69 Å². The van der Waals surface area contributed by atoms with Crippen molar-refractivity contribution in [2.45, 2.75) is 17.1 Å². The van der Waals surface area contributed by atoms with Crippen molar-refractivity contribution in [3.63, 3.8) is 0 Å². The standard InChI is InChI=1S/C9H11Cl2NOS/c1-5(4-13)14-9-7(10)2-6(12)3-8(9)11/h2-3,5,13H,4,12H2,1H3. The van der Waals surface area contributed by atoms with Gasteiger partial charge in [-0.05, 0) is 12.1 Å². The zero-order valence-electron chi connectivity index (χ0n) is 7.63. The first kappa shape index (κ1) is 12.0. The quantitative estimate of drug-likeness (QED) is 0.642. The first-order valence-electron chi connectivity index (χ1n) is 4.06. The average Bonchev–Trinajstić information content (AvgIpc) is 2.10. The van der Waals surface area contributed by atoms with E-state index in [-0.39, 0.29) is 11.9 Å². The van der Waals surface area contributed by atoms with Gasteiger partial charge in [0.25, 0.3) is 0 Å². The lowest BCUT2D eigenvalue weighted by molar-refractivity contribution is 0.300. The molecule has 0 spiro atoms. The van der Waals surface area contributed by atoms with Crippen molar-refractivity contribution in [2.75, 3.05) is 12.3 Å². The highest BCUT2D eigenvalue weighted by atomic mass is 35.5. The minimum absolute atomic E-state index is 0.0635. The Labute approximate surface area is 97.4 Å². The number of anilines is 1. The third kappa shape index (κ3) is 2.95. The predicted molar refractivity (Wildman–Crippen MR) is 63.3 cm³/mol. The van der Waals surface area contributed by atoms with Gasteiger partial charge in [0, 0.05) is 15.8 Å². The van der Waals surface area contributed by atoms with E-state index in [1.54, 1.807) is 12.1 Å². The van der Waals surface area contributed by atoms with Crippen LogP contribution in [-0.2, 0) is 0 Å². The summed E-state index contributed by atoms with van der Waals surface area (Å²) in [6, 6.07) is 3.31. The molecule has 0 heterocycles. The second kappa shape index (κ2) is 5.12. The lowest BCUT2D eigenvalue weighted by Crippen LogP contribution is -2.02. The zero-order chi connectivity index (χ0) is 10.7. The lowest BCUT2D eigenvalue weighted by Gasteiger charge is -2.11. The molecule has 0 aromatic heterocycles. The normalized spacial score (nSPS) is 12.9. The molecule has 0 amide bonds. The summed E-state index contributed by atoms with van der Waals surface area (Å²) in [5.74, 6) is 0. The zero-order valence-corrected chi connectivity index (χ0v) is 9.96. The summed E-state index contributed by atoms with van der Waals surface area (Å²) >= 11 is 13.4. The molecule has 14 heavy (non-hydrogen) atoms. The van der Waals surface area contributed by atoms with Crippen molar-refractivity contribution in [3.8, 4) is 0 Å². The van der Waals surface area contributed by atoms with Crippen molar-refractivity contribution in [3.05, 3.63) is 22.2 Å². The molecule has 0 bridgehead atoms. The number of nitrogen functional groups attached to an aromatic ring is 1. The second-order valence-electron chi connectivity index (χ2n) is 2.92. The molecule has 2 nitrogen and oxygen atoms in total. The Kier molecular flexibility index (Phi) is 4.38. The van der Waals surface area contributed by atoms with Crippen LogP contribution in [0.15, 0.2) is 17.0 Å². The van der Waals surface area contributed by atoms with Crippen LogP contribution in [0.25, 0.3) is 0 Å². The Balaban J connectivity index is 2.96. The molecule has 1 rings (SSSR count).